The van der Waals surface area contributed by atoms with Crippen LogP contribution >= 0.6 is 0 Å². The Hall–Kier alpha value is -1.12. The van der Waals surface area contributed by atoms with Crippen LogP contribution in [0.1, 0.15) is 54.4 Å². The first-order valence-electron chi connectivity index (χ1n) is 7.58. The second kappa shape index (κ2) is 4.71. The van der Waals surface area contributed by atoms with Crippen LogP contribution in [0.25, 0.3) is 0 Å². The Balaban J connectivity index is 2.35. The number of hydrogen-bond donors (Lipinski definition) is 0. The van der Waals surface area contributed by atoms with Crippen molar-refractivity contribution in [3.63, 3.8) is 0 Å². The van der Waals surface area contributed by atoms with Gasteiger partial charge in [-0.3, -0.25) is 14.5 Å². The third-order valence-electron chi connectivity index (χ3n) is 4.91. The Kier molecular flexibility index (Phi) is 3.60. The molecule has 1 saturated carbocycles. The van der Waals surface area contributed by atoms with E-state index in [9.17, 15) is 9.59 Å². The number of amides is 2. The van der Waals surface area contributed by atoms with Crippen molar-refractivity contribution in [1.29, 1.82) is 0 Å². The lowest BCUT2D eigenvalue weighted by Crippen LogP contribution is -2.48. The molecule has 112 valence electrons. The normalized spacial score (nSPS) is 31.5. The van der Waals surface area contributed by atoms with E-state index in [-0.39, 0.29) is 28.7 Å². The van der Waals surface area contributed by atoms with Gasteiger partial charge in [0.1, 0.15) is 0 Å². The fourth-order valence-corrected chi connectivity index (χ4v) is 4.16. The number of imide groups is 1. The predicted molar refractivity (Wildman–Crippen MR) is 79.9 cm³/mol. The van der Waals surface area contributed by atoms with Crippen molar-refractivity contribution >= 4 is 11.8 Å². The summed E-state index contributed by atoms with van der Waals surface area (Å²) in [4.78, 5) is 25.5. The number of nitrogens with zero attached hydrogens (tertiary/aromatic N) is 1. The molecule has 0 bridgehead atoms. The van der Waals surface area contributed by atoms with E-state index in [2.05, 4.69) is 41.5 Å². The average Bonchev–Trinajstić information content (AvgIpc) is 2.81. The third-order valence-corrected chi connectivity index (χ3v) is 4.91. The van der Waals surface area contributed by atoms with Crippen molar-refractivity contribution < 1.29 is 9.59 Å². The van der Waals surface area contributed by atoms with Gasteiger partial charge in [-0.15, -0.1) is 0 Å². The van der Waals surface area contributed by atoms with Gasteiger partial charge in [0, 0.05) is 18.2 Å². The van der Waals surface area contributed by atoms with Gasteiger partial charge in [0.25, 0.3) is 11.8 Å². The summed E-state index contributed by atoms with van der Waals surface area (Å²) in [5, 5.41) is 0. The van der Waals surface area contributed by atoms with E-state index < -0.39 is 0 Å². The van der Waals surface area contributed by atoms with Crippen LogP contribution in [0.3, 0.4) is 0 Å². The summed E-state index contributed by atoms with van der Waals surface area (Å²) < 4.78 is 0. The van der Waals surface area contributed by atoms with Gasteiger partial charge in [-0.05, 0) is 35.5 Å². The smallest absolute Gasteiger partial charge is 0.253 e. The van der Waals surface area contributed by atoms with Crippen molar-refractivity contribution in [2.75, 3.05) is 0 Å². The Labute approximate surface area is 122 Å². The SMILES string of the molecule is CC(C)(C)[C@H]1[C@@H](N2C(=O)C=CC2=O)CC[C@@H]1C(C)(C)C. The lowest BCUT2D eigenvalue weighted by molar-refractivity contribution is -0.141. The fourth-order valence-electron chi connectivity index (χ4n) is 4.16. The highest BCUT2D eigenvalue weighted by molar-refractivity contribution is 6.13. The molecule has 1 fully saturated rings. The highest BCUT2D eigenvalue weighted by Gasteiger charge is 2.51. The molecule has 0 saturated heterocycles. The molecule has 1 aliphatic carbocycles. The van der Waals surface area contributed by atoms with E-state index in [0.29, 0.717) is 11.8 Å². The Bertz CT molecular complexity index is 433. The number of hydrogen-bond acceptors (Lipinski definition) is 2. The van der Waals surface area contributed by atoms with E-state index in [1.165, 1.54) is 17.1 Å². The van der Waals surface area contributed by atoms with E-state index in [0.717, 1.165) is 12.8 Å². The minimum Gasteiger partial charge on any atom is -0.272 e. The molecule has 0 aromatic heterocycles. The van der Waals surface area contributed by atoms with Gasteiger partial charge < -0.3 is 0 Å². The second-order valence-corrected chi connectivity index (χ2v) is 8.39. The number of carbonyl (C=O) groups excluding carboxylic acids is 2. The lowest BCUT2D eigenvalue weighted by Gasteiger charge is -2.43. The van der Waals surface area contributed by atoms with E-state index >= 15 is 0 Å². The molecule has 0 aromatic carbocycles. The zero-order chi connectivity index (χ0) is 15.3. The Morgan fingerprint density at radius 1 is 0.900 bits per heavy atom. The minimum atomic E-state index is -0.135. The lowest BCUT2D eigenvalue weighted by atomic mass is 9.65. The van der Waals surface area contributed by atoms with Gasteiger partial charge in [-0.1, -0.05) is 41.5 Å². The zero-order valence-electron chi connectivity index (χ0n) is 13.6. The van der Waals surface area contributed by atoms with Gasteiger partial charge >= 0.3 is 0 Å². The summed E-state index contributed by atoms with van der Waals surface area (Å²) in [6.07, 6.45) is 4.84. The molecule has 0 radical (unpaired) electrons. The maximum Gasteiger partial charge on any atom is 0.253 e. The fraction of sp³-hybridized carbons (Fsp3) is 0.765. The molecule has 0 aromatic rings. The first-order valence-corrected chi connectivity index (χ1v) is 7.58. The maximum atomic E-state index is 12.0. The summed E-state index contributed by atoms with van der Waals surface area (Å²) >= 11 is 0. The van der Waals surface area contributed by atoms with Crippen LogP contribution in [0.5, 0.6) is 0 Å². The van der Waals surface area contributed by atoms with Crippen molar-refractivity contribution in [3.8, 4) is 0 Å². The maximum absolute atomic E-state index is 12.0. The summed E-state index contributed by atoms with van der Waals surface area (Å²) in [6.45, 7) is 13.5. The van der Waals surface area contributed by atoms with E-state index in [4.69, 9.17) is 0 Å². The molecular formula is C17H27NO2. The minimum absolute atomic E-state index is 0.0502. The molecule has 3 heteroatoms. The van der Waals surface area contributed by atoms with Crippen LogP contribution in [0.15, 0.2) is 12.2 Å². The molecule has 2 amide bonds. The molecule has 1 aliphatic heterocycles. The topological polar surface area (TPSA) is 37.4 Å². The summed E-state index contributed by atoms with van der Waals surface area (Å²) in [6, 6.07) is 0.0502. The third kappa shape index (κ3) is 2.55. The van der Waals surface area contributed by atoms with Crippen LogP contribution < -0.4 is 0 Å². The second-order valence-electron chi connectivity index (χ2n) is 8.39. The molecule has 2 rings (SSSR count). The number of rotatable bonds is 1. The molecule has 0 spiro atoms. The Morgan fingerprint density at radius 3 is 1.80 bits per heavy atom. The summed E-state index contributed by atoms with van der Waals surface area (Å²) in [5.74, 6) is 0.622. The van der Waals surface area contributed by atoms with Crippen molar-refractivity contribution in [2.45, 2.75) is 60.4 Å². The molecule has 0 unspecified atom stereocenters. The van der Waals surface area contributed by atoms with Crippen molar-refractivity contribution in [2.24, 2.45) is 22.7 Å². The van der Waals surface area contributed by atoms with Gasteiger partial charge in [-0.2, -0.15) is 0 Å². The first kappa shape index (κ1) is 15.3. The molecule has 2 aliphatic rings. The van der Waals surface area contributed by atoms with Crippen LogP contribution in [0.2, 0.25) is 0 Å². The first-order chi connectivity index (χ1) is 9.03. The van der Waals surface area contributed by atoms with Crippen LogP contribution in [-0.2, 0) is 9.59 Å². The van der Waals surface area contributed by atoms with Gasteiger partial charge in [0.2, 0.25) is 0 Å². The van der Waals surface area contributed by atoms with Crippen molar-refractivity contribution in [1.82, 2.24) is 4.90 Å². The molecular weight excluding hydrogens is 250 g/mol. The quantitative estimate of drug-likeness (QED) is 0.689. The highest BCUT2D eigenvalue weighted by atomic mass is 16.2. The number of carbonyl (C=O) groups is 2. The van der Waals surface area contributed by atoms with Crippen LogP contribution in [0.4, 0.5) is 0 Å². The standard InChI is InChI=1S/C17H27NO2/c1-16(2,3)11-7-8-12(15(11)17(4,5)6)18-13(19)9-10-14(18)20/h9-12,15H,7-8H2,1-6H3/t11-,12-,15+/m0/s1. The molecule has 3 nitrogen and oxygen atoms in total. The zero-order valence-corrected chi connectivity index (χ0v) is 13.6. The average molecular weight is 277 g/mol. The van der Waals surface area contributed by atoms with Crippen molar-refractivity contribution in [3.05, 3.63) is 12.2 Å². The Morgan fingerprint density at radius 2 is 1.40 bits per heavy atom. The van der Waals surface area contributed by atoms with Gasteiger partial charge in [0.15, 0.2) is 0 Å². The molecule has 0 N–H and O–H groups in total. The van der Waals surface area contributed by atoms with E-state index in [1.807, 2.05) is 0 Å². The predicted octanol–water partition coefficient (Wildman–Crippen LogP) is 3.40. The van der Waals surface area contributed by atoms with Crippen LogP contribution in [0, 0.1) is 22.7 Å². The van der Waals surface area contributed by atoms with Gasteiger partial charge in [-0.25, -0.2) is 0 Å². The van der Waals surface area contributed by atoms with E-state index in [1.54, 1.807) is 0 Å². The molecule has 1 heterocycles. The highest BCUT2D eigenvalue weighted by Crippen LogP contribution is 2.52. The van der Waals surface area contributed by atoms with Gasteiger partial charge in [0.05, 0.1) is 0 Å². The summed E-state index contributed by atoms with van der Waals surface area (Å²) in [5.41, 5.74) is 0.286. The molecule has 3 atom stereocenters. The largest absolute Gasteiger partial charge is 0.272 e. The summed E-state index contributed by atoms with van der Waals surface area (Å²) in [7, 11) is 0. The monoisotopic (exact) mass is 277 g/mol. The molecule has 20 heavy (non-hydrogen) atoms. The van der Waals surface area contributed by atoms with Crippen LogP contribution in [-0.4, -0.2) is 22.8 Å².